The number of allylic oxidation sites excluding steroid dienone is 2. The summed E-state index contributed by atoms with van der Waals surface area (Å²) in [5.41, 5.74) is 2.71. The molecule has 8 saturated carbocycles. The first-order chi connectivity index (χ1) is 26.5. The van der Waals surface area contributed by atoms with Gasteiger partial charge >= 0.3 is 51.4 Å². The van der Waals surface area contributed by atoms with Gasteiger partial charge in [-0.15, -0.1) is 13.2 Å². The van der Waals surface area contributed by atoms with Crippen LogP contribution in [0.15, 0.2) is 24.8 Å². The van der Waals surface area contributed by atoms with Crippen molar-refractivity contribution in [2.45, 2.75) is 190 Å². The normalized spacial score (nSPS) is 46.2. The van der Waals surface area contributed by atoms with Crippen LogP contribution in [-0.2, 0) is 0 Å². The van der Waals surface area contributed by atoms with Crippen molar-refractivity contribution in [3.63, 3.8) is 0 Å². The van der Waals surface area contributed by atoms with Crippen LogP contribution in [0.3, 0.4) is 0 Å². The minimum atomic E-state index is 0. The molecule has 18 atom stereocenters. The molecule has 2 heteroatoms. The molecule has 56 heavy (non-hydrogen) atoms. The molecule has 0 amide bonds. The summed E-state index contributed by atoms with van der Waals surface area (Å²) in [6, 6.07) is 0. The smallest absolute Gasteiger partial charge is 0.400 e. The Morgan fingerprint density at radius 2 is 1.43 bits per heavy atom. The molecule has 8 aliphatic rings. The first kappa shape index (κ1) is 49.7. The Bertz CT molecular complexity index is 1190. The summed E-state index contributed by atoms with van der Waals surface area (Å²) in [6.45, 7) is 34.1. The molecule has 8 aliphatic carbocycles. The van der Waals surface area contributed by atoms with Gasteiger partial charge in [0.2, 0.25) is 0 Å². The Kier molecular flexibility index (Phi) is 19.9. The van der Waals surface area contributed by atoms with E-state index in [1.54, 1.807) is 19.3 Å². The van der Waals surface area contributed by atoms with Crippen molar-refractivity contribution in [1.29, 1.82) is 0 Å². The van der Waals surface area contributed by atoms with Crippen LogP contribution in [0.25, 0.3) is 0 Å². The first-order valence-electron chi connectivity index (χ1n) is 24.8. The topological polar surface area (TPSA) is 20.2 Å². The monoisotopic (exact) mass is 798 g/mol. The third kappa shape index (κ3) is 10.3. The number of aliphatic hydroxyl groups is 1. The summed E-state index contributed by atoms with van der Waals surface area (Å²) in [4.78, 5) is 0. The molecule has 0 bridgehead atoms. The van der Waals surface area contributed by atoms with Crippen molar-refractivity contribution >= 4 is 0 Å². The molecule has 8 rings (SSSR count). The molecule has 0 heterocycles. The van der Waals surface area contributed by atoms with Crippen molar-refractivity contribution in [3.05, 3.63) is 38.7 Å². The third-order valence-electron chi connectivity index (χ3n) is 19.3. The predicted molar refractivity (Wildman–Crippen MR) is 240 cm³/mol. The van der Waals surface area contributed by atoms with E-state index >= 15 is 0 Å². The van der Waals surface area contributed by atoms with Gasteiger partial charge in [-0.25, -0.2) is 0 Å². The van der Waals surface area contributed by atoms with Crippen molar-refractivity contribution in [2.24, 2.45) is 106 Å². The van der Waals surface area contributed by atoms with Gasteiger partial charge in [0, 0.05) is 7.11 Å². The molecule has 0 aliphatic heterocycles. The van der Waals surface area contributed by atoms with E-state index in [0.717, 1.165) is 102 Å². The average molecular weight is 798 g/mol. The summed E-state index contributed by atoms with van der Waals surface area (Å²) in [6.07, 6.45) is 34.4. The van der Waals surface area contributed by atoms with Crippen LogP contribution in [-0.4, -0.2) is 12.2 Å². The molecule has 0 aromatic heterocycles. The van der Waals surface area contributed by atoms with E-state index in [0.29, 0.717) is 10.8 Å². The summed E-state index contributed by atoms with van der Waals surface area (Å²) < 4.78 is 0. The van der Waals surface area contributed by atoms with Crippen LogP contribution in [0, 0.1) is 119 Å². The zero-order valence-corrected chi connectivity index (χ0v) is 42.3. The van der Waals surface area contributed by atoms with Gasteiger partial charge in [0.1, 0.15) is 0 Å². The van der Waals surface area contributed by atoms with Crippen molar-refractivity contribution in [3.8, 4) is 0 Å². The Morgan fingerprint density at radius 1 is 0.750 bits per heavy atom. The van der Waals surface area contributed by atoms with E-state index in [1.165, 1.54) is 128 Å². The van der Waals surface area contributed by atoms with Gasteiger partial charge in [-0.05, 0) is 192 Å². The van der Waals surface area contributed by atoms with Gasteiger partial charge in [0.25, 0.3) is 0 Å². The molecule has 0 aromatic carbocycles. The predicted octanol–water partition coefficient (Wildman–Crippen LogP) is 12.6. The van der Waals surface area contributed by atoms with Crippen molar-refractivity contribution in [1.82, 2.24) is 0 Å². The van der Waals surface area contributed by atoms with Gasteiger partial charge in [-0.3, -0.25) is 0 Å². The number of fused-ring (bicyclic) bond motifs is 10. The van der Waals surface area contributed by atoms with E-state index in [2.05, 4.69) is 53.9 Å². The molecule has 1 nitrogen and oxygen atoms in total. The van der Waals surface area contributed by atoms with Gasteiger partial charge < -0.3 is 19.0 Å². The molecule has 0 saturated heterocycles. The summed E-state index contributed by atoms with van der Waals surface area (Å²) in [5.74, 6) is 15.3. The zero-order chi connectivity index (χ0) is 40.1. The molecule has 0 spiro atoms. The maximum absolute atomic E-state index is 7.00. The van der Waals surface area contributed by atoms with Gasteiger partial charge in [0.05, 0.1) is 0 Å². The van der Waals surface area contributed by atoms with E-state index in [-0.39, 0.29) is 51.4 Å². The quantitative estimate of drug-likeness (QED) is 0.147. The SMILES string of the molecule is C=C(C)CCCC12CCCC1C1CC([CH2-])C3CCCCC3(C)C1CC2.C=CCCC(C)C1CCC2C1CCC1C2CC([CH2-])C2CC(C)CC(C)C21.CC.CO.[K+]. The van der Waals surface area contributed by atoms with Crippen LogP contribution in [0.4, 0.5) is 0 Å². The molecular weight excluding hydrogens is 704 g/mol. The van der Waals surface area contributed by atoms with Gasteiger partial charge in [-0.1, -0.05) is 104 Å². The van der Waals surface area contributed by atoms with E-state index in [1.807, 2.05) is 13.8 Å². The molecule has 0 radical (unpaired) electrons. The fourth-order valence-corrected chi connectivity index (χ4v) is 17.4. The van der Waals surface area contributed by atoms with Crippen LogP contribution in [0.2, 0.25) is 0 Å². The van der Waals surface area contributed by atoms with Crippen LogP contribution < -0.4 is 51.4 Å². The second kappa shape index (κ2) is 22.4. The molecular formula is C54H94KO-. The molecule has 18 unspecified atom stereocenters. The zero-order valence-electron chi connectivity index (χ0n) is 39.1. The minimum absolute atomic E-state index is 0. The first-order valence-corrected chi connectivity index (χ1v) is 24.8. The van der Waals surface area contributed by atoms with Crippen molar-refractivity contribution < 1.29 is 56.5 Å². The van der Waals surface area contributed by atoms with Gasteiger partial charge in [-0.2, -0.15) is 11.8 Å². The second-order valence-electron chi connectivity index (χ2n) is 21.9. The van der Waals surface area contributed by atoms with E-state index in [9.17, 15) is 0 Å². The number of rotatable bonds is 8. The van der Waals surface area contributed by atoms with E-state index in [4.69, 9.17) is 19.0 Å². The Labute approximate surface area is 393 Å². The second-order valence-corrected chi connectivity index (χ2v) is 21.9. The van der Waals surface area contributed by atoms with Crippen LogP contribution in [0.1, 0.15) is 190 Å². The van der Waals surface area contributed by atoms with Gasteiger partial charge in [0.15, 0.2) is 0 Å². The molecule has 1 N–H and O–H groups in total. The standard InChI is InChI=1S/C26H43.C25H41.C2H6.CH4O.K/c1-6-7-8-17(3)20-9-10-22-21(20)11-12-23-25(22)15-18(4)24-14-16(2)13-19(5)26(23)24;1-18(2)9-7-14-25-15-8-11-23(25)20-17-19(3)21-10-5-6-13-24(21,4)22(20)12-16-25;2*1-2;/h6,16-26H,1,4,7-15H2,2-3,5H3;19-23H,1,3,5-17H2,2,4H3;1-2H3;2H,1H3;/q2*-1;;;+1. The molecule has 0 aromatic rings. The summed E-state index contributed by atoms with van der Waals surface area (Å²) in [7, 11) is 1.00. The number of hydrogen-bond donors (Lipinski definition) is 1. The fourth-order valence-electron chi connectivity index (χ4n) is 17.4. The Balaban J connectivity index is 0.000000225. The maximum atomic E-state index is 7.00. The maximum Gasteiger partial charge on any atom is 1.00 e. The van der Waals surface area contributed by atoms with Crippen molar-refractivity contribution in [2.75, 3.05) is 7.11 Å². The number of hydrogen-bond acceptors (Lipinski definition) is 1. The molecule has 8 fully saturated rings. The van der Waals surface area contributed by atoms with Crippen LogP contribution >= 0.6 is 0 Å². The van der Waals surface area contributed by atoms with E-state index < -0.39 is 0 Å². The largest absolute Gasteiger partial charge is 1.00 e. The Morgan fingerprint density at radius 3 is 2.14 bits per heavy atom. The Hall–Kier alpha value is 1.08. The molecule has 318 valence electrons. The summed E-state index contributed by atoms with van der Waals surface area (Å²) >= 11 is 0. The summed E-state index contributed by atoms with van der Waals surface area (Å²) in [5, 5.41) is 7.00. The fraction of sp³-hybridized carbons (Fsp3) is 0.889. The van der Waals surface area contributed by atoms with Crippen LogP contribution in [0.5, 0.6) is 0 Å². The number of aliphatic hydroxyl groups excluding tert-OH is 1. The average Bonchev–Trinajstić information content (AvgIpc) is 3.81. The minimum Gasteiger partial charge on any atom is -0.400 e. The third-order valence-corrected chi connectivity index (χ3v) is 19.3.